The second-order valence-corrected chi connectivity index (χ2v) is 5.70. The molecule has 3 unspecified atom stereocenters. The third-order valence-corrected chi connectivity index (χ3v) is 4.76. The first kappa shape index (κ1) is 10.9. The normalized spacial score (nSPS) is 31.8. The highest BCUT2D eigenvalue weighted by molar-refractivity contribution is 7.18. The van der Waals surface area contributed by atoms with Crippen LogP contribution >= 0.6 is 11.3 Å². The average molecular weight is 255 g/mol. The van der Waals surface area contributed by atoms with Crippen LogP contribution in [0.3, 0.4) is 0 Å². The summed E-state index contributed by atoms with van der Waals surface area (Å²) in [4.78, 5) is 16.3. The van der Waals surface area contributed by atoms with Gasteiger partial charge in [0.25, 0.3) is 0 Å². The first-order valence-corrected chi connectivity index (χ1v) is 6.50. The van der Waals surface area contributed by atoms with Crippen LogP contribution in [0.25, 0.3) is 0 Å². The number of hydrogen-bond acceptors (Lipinski definition) is 6. The van der Waals surface area contributed by atoms with E-state index in [1.54, 1.807) is 0 Å². The fraction of sp³-hybridized carbons (Fsp3) is 0.700. The van der Waals surface area contributed by atoms with Gasteiger partial charge in [0.2, 0.25) is 0 Å². The van der Waals surface area contributed by atoms with Gasteiger partial charge >= 0.3 is 5.00 Å². The lowest BCUT2D eigenvalue weighted by molar-refractivity contribution is -0.380. The summed E-state index contributed by atoms with van der Waals surface area (Å²) in [6, 6.07) is 0. The maximum atomic E-state index is 10.6. The van der Waals surface area contributed by atoms with E-state index in [2.05, 4.69) is 9.88 Å². The Morgan fingerprint density at radius 3 is 3.00 bits per heavy atom. The summed E-state index contributed by atoms with van der Waals surface area (Å²) >= 11 is 1.11. The molecular formula is C10H13N3O3S. The van der Waals surface area contributed by atoms with Crippen LogP contribution in [0.2, 0.25) is 0 Å². The predicted molar refractivity (Wildman–Crippen MR) is 63.2 cm³/mol. The third kappa shape index (κ3) is 1.79. The van der Waals surface area contributed by atoms with Gasteiger partial charge in [-0.05, 0) is 30.1 Å². The highest BCUT2D eigenvalue weighted by Gasteiger charge is 2.42. The van der Waals surface area contributed by atoms with Crippen molar-refractivity contribution in [3.8, 4) is 0 Å². The molecule has 3 atom stereocenters. The van der Waals surface area contributed by atoms with Crippen molar-refractivity contribution in [2.24, 2.45) is 11.8 Å². The molecular weight excluding hydrogens is 242 g/mol. The zero-order valence-electron chi connectivity index (χ0n) is 9.15. The molecule has 1 aliphatic carbocycles. The van der Waals surface area contributed by atoms with E-state index in [1.807, 2.05) is 0 Å². The smallest absolute Gasteiger partial charge is 0.345 e. The third-order valence-electron chi connectivity index (χ3n) is 3.75. The van der Waals surface area contributed by atoms with Crippen molar-refractivity contribution >= 4 is 21.5 Å². The Labute approximate surface area is 102 Å². The van der Waals surface area contributed by atoms with Gasteiger partial charge < -0.3 is 10.0 Å². The topological polar surface area (TPSA) is 79.5 Å². The van der Waals surface area contributed by atoms with Crippen molar-refractivity contribution in [1.29, 1.82) is 0 Å². The van der Waals surface area contributed by atoms with Gasteiger partial charge in [-0.3, -0.25) is 10.1 Å². The lowest BCUT2D eigenvalue weighted by Gasteiger charge is -2.16. The molecule has 1 aromatic heterocycles. The minimum absolute atomic E-state index is 0.0811. The number of nitrogens with zero attached hydrogens (tertiary/aromatic N) is 3. The Morgan fingerprint density at radius 1 is 1.53 bits per heavy atom. The maximum absolute atomic E-state index is 10.6. The first-order chi connectivity index (χ1) is 8.15. The van der Waals surface area contributed by atoms with E-state index in [1.165, 1.54) is 6.20 Å². The number of hydrogen-bond donors (Lipinski definition) is 1. The van der Waals surface area contributed by atoms with E-state index in [9.17, 15) is 15.2 Å². The summed E-state index contributed by atoms with van der Waals surface area (Å²) in [5.41, 5.74) is 0. The lowest BCUT2D eigenvalue weighted by Crippen LogP contribution is -2.24. The molecule has 2 heterocycles. The molecule has 1 saturated carbocycles. The average Bonchev–Trinajstić information content (AvgIpc) is 2.95. The molecule has 6 nitrogen and oxygen atoms in total. The Kier molecular flexibility index (Phi) is 2.52. The number of anilines is 1. The number of nitro groups is 1. The molecule has 1 aromatic rings. The van der Waals surface area contributed by atoms with Gasteiger partial charge in [0.1, 0.15) is 6.20 Å². The van der Waals surface area contributed by atoms with Gasteiger partial charge in [-0.25, -0.2) is 4.98 Å². The molecule has 92 valence electrons. The Hall–Kier alpha value is -1.21. The number of thiazole rings is 1. The number of aliphatic hydroxyl groups is 1. The monoisotopic (exact) mass is 255 g/mol. The molecule has 3 rings (SSSR count). The van der Waals surface area contributed by atoms with Gasteiger partial charge in [-0.2, -0.15) is 0 Å². The van der Waals surface area contributed by atoms with Crippen LogP contribution in [-0.4, -0.2) is 34.2 Å². The van der Waals surface area contributed by atoms with E-state index < -0.39 is 4.92 Å². The highest BCUT2D eigenvalue weighted by atomic mass is 32.1. The Bertz CT molecular complexity index is 450. The largest absolute Gasteiger partial charge is 0.393 e. The molecule has 0 amide bonds. The van der Waals surface area contributed by atoms with Crippen LogP contribution in [0.15, 0.2) is 6.20 Å². The van der Waals surface area contributed by atoms with Crippen LogP contribution in [0, 0.1) is 22.0 Å². The second-order valence-electron chi connectivity index (χ2n) is 4.71. The van der Waals surface area contributed by atoms with E-state index in [4.69, 9.17) is 0 Å². The predicted octanol–water partition coefficient (Wildman–Crippen LogP) is 1.26. The second kappa shape index (κ2) is 3.92. The minimum atomic E-state index is -0.410. The summed E-state index contributed by atoms with van der Waals surface area (Å²) < 4.78 is 0. The van der Waals surface area contributed by atoms with Crippen molar-refractivity contribution in [3.05, 3.63) is 16.3 Å². The fourth-order valence-electron chi connectivity index (χ4n) is 2.88. The maximum Gasteiger partial charge on any atom is 0.345 e. The molecule has 2 aliphatic rings. The molecule has 17 heavy (non-hydrogen) atoms. The molecule has 1 N–H and O–H groups in total. The highest BCUT2D eigenvalue weighted by Crippen LogP contribution is 2.41. The molecule has 2 fully saturated rings. The molecule has 1 saturated heterocycles. The molecule has 7 heteroatoms. The van der Waals surface area contributed by atoms with Crippen molar-refractivity contribution in [2.75, 3.05) is 18.0 Å². The summed E-state index contributed by atoms with van der Waals surface area (Å²) in [6.45, 7) is 1.64. The van der Waals surface area contributed by atoms with Crippen LogP contribution in [0.1, 0.15) is 12.8 Å². The zero-order chi connectivity index (χ0) is 12.0. The van der Waals surface area contributed by atoms with Gasteiger partial charge in [0.05, 0.1) is 11.0 Å². The van der Waals surface area contributed by atoms with Crippen LogP contribution < -0.4 is 4.90 Å². The van der Waals surface area contributed by atoms with E-state index >= 15 is 0 Å². The first-order valence-electron chi connectivity index (χ1n) is 5.68. The minimum Gasteiger partial charge on any atom is -0.393 e. The van der Waals surface area contributed by atoms with Crippen LogP contribution in [0.4, 0.5) is 10.1 Å². The van der Waals surface area contributed by atoms with Crippen LogP contribution in [0.5, 0.6) is 0 Å². The van der Waals surface area contributed by atoms with E-state index in [0.717, 1.165) is 37.3 Å². The standard InChI is InChI=1S/C10H13N3O3S/c14-8-2-1-6-4-12(5-7(6)8)10-11-3-9(17-10)13(15)16/h3,6-8,14H,1-2,4-5H2. The Morgan fingerprint density at radius 2 is 2.35 bits per heavy atom. The van der Waals surface area contributed by atoms with Crippen LogP contribution in [-0.2, 0) is 0 Å². The number of aliphatic hydroxyl groups excluding tert-OH is 1. The van der Waals surface area contributed by atoms with Crippen molar-refractivity contribution in [3.63, 3.8) is 0 Å². The zero-order valence-corrected chi connectivity index (χ0v) is 9.97. The van der Waals surface area contributed by atoms with Crippen molar-refractivity contribution < 1.29 is 10.0 Å². The lowest BCUT2D eigenvalue weighted by atomic mass is 10.00. The summed E-state index contributed by atoms with van der Waals surface area (Å²) in [5.74, 6) is 0.839. The molecule has 0 aromatic carbocycles. The van der Waals surface area contributed by atoms with E-state index in [0.29, 0.717) is 17.0 Å². The summed E-state index contributed by atoms with van der Waals surface area (Å²) in [6.07, 6.45) is 3.04. The quantitative estimate of drug-likeness (QED) is 0.635. The SMILES string of the molecule is O=[N+]([O-])c1cnc(N2CC3CCC(O)C3C2)s1. The number of aromatic nitrogens is 1. The van der Waals surface area contributed by atoms with Gasteiger partial charge in [-0.15, -0.1) is 0 Å². The van der Waals surface area contributed by atoms with Crippen molar-refractivity contribution in [1.82, 2.24) is 4.98 Å². The number of fused-ring (bicyclic) bond motifs is 1. The molecule has 0 bridgehead atoms. The molecule has 1 aliphatic heterocycles. The fourth-order valence-corrected chi connectivity index (χ4v) is 3.63. The van der Waals surface area contributed by atoms with E-state index in [-0.39, 0.29) is 11.1 Å². The summed E-state index contributed by atoms with van der Waals surface area (Å²) in [5, 5.41) is 21.2. The number of rotatable bonds is 2. The molecule has 0 spiro atoms. The Balaban J connectivity index is 1.76. The summed E-state index contributed by atoms with van der Waals surface area (Å²) in [7, 11) is 0. The van der Waals surface area contributed by atoms with Gasteiger partial charge in [0.15, 0.2) is 5.13 Å². The van der Waals surface area contributed by atoms with Gasteiger partial charge in [0, 0.05) is 19.0 Å². The molecule has 0 radical (unpaired) electrons. The van der Waals surface area contributed by atoms with Gasteiger partial charge in [-0.1, -0.05) is 0 Å². The van der Waals surface area contributed by atoms with Crippen molar-refractivity contribution in [2.45, 2.75) is 18.9 Å².